The summed E-state index contributed by atoms with van der Waals surface area (Å²) in [4.78, 5) is 12.3. The van der Waals surface area contributed by atoms with Crippen molar-refractivity contribution in [3.8, 4) is 0 Å². The fourth-order valence-electron chi connectivity index (χ4n) is 1.36. The molecule has 0 heterocycles. The molecule has 0 saturated heterocycles. The molecule has 0 radical (unpaired) electrons. The Balaban J connectivity index is 2.61. The van der Waals surface area contributed by atoms with Gasteiger partial charge >= 0.3 is 0 Å². The van der Waals surface area contributed by atoms with Gasteiger partial charge in [-0.1, -0.05) is 19.1 Å². The Morgan fingerprint density at radius 1 is 1.29 bits per heavy atom. The molecule has 2 nitrogen and oxygen atoms in total. The maximum Gasteiger partial charge on any atom is 0.121 e. The summed E-state index contributed by atoms with van der Waals surface area (Å²) in [6.07, 6.45) is 2.61. The Morgan fingerprint density at radius 3 is 2.43 bits per heavy atom. The highest BCUT2D eigenvalue weighted by Gasteiger charge is 1.99. The topological polar surface area (TPSA) is 20.3 Å². The van der Waals surface area contributed by atoms with Crippen molar-refractivity contribution in [3.63, 3.8) is 0 Å². The van der Waals surface area contributed by atoms with E-state index < -0.39 is 0 Å². The van der Waals surface area contributed by atoms with Crippen LogP contribution in [0.2, 0.25) is 0 Å². The van der Waals surface area contributed by atoms with Gasteiger partial charge in [0, 0.05) is 25.7 Å². The van der Waals surface area contributed by atoms with Crippen molar-refractivity contribution in [3.05, 3.63) is 29.8 Å². The lowest BCUT2D eigenvalue weighted by Gasteiger charge is -2.18. The standard InChI is InChI=1S/C12H17NO/c1-3-11-5-7-12(8-6-11)13(2)9-4-10-14/h5-8,10H,3-4,9H2,1-2H3. The van der Waals surface area contributed by atoms with E-state index in [-0.39, 0.29) is 0 Å². The fourth-order valence-corrected chi connectivity index (χ4v) is 1.36. The molecule has 2 heteroatoms. The molecular formula is C12H17NO. The molecule has 0 atom stereocenters. The Kier molecular flexibility index (Phi) is 4.17. The summed E-state index contributed by atoms with van der Waals surface area (Å²) in [6.45, 7) is 2.93. The van der Waals surface area contributed by atoms with Gasteiger partial charge in [-0.05, 0) is 24.1 Å². The fraction of sp³-hybridized carbons (Fsp3) is 0.417. The van der Waals surface area contributed by atoms with Gasteiger partial charge in [0.1, 0.15) is 6.29 Å². The zero-order chi connectivity index (χ0) is 10.4. The minimum Gasteiger partial charge on any atom is -0.374 e. The van der Waals surface area contributed by atoms with Crippen LogP contribution in [0.25, 0.3) is 0 Å². The van der Waals surface area contributed by atoms with Crippen molar-refractivity contribution in [1.82, 2.24) is 0 Å². The molecule has 0 N–H and O–H groups in total. The van der Waals surface area contributed by atoms with E-state index in [1.54, 1.807) is 0 Å². The zero-order valence-corrected chi connectivity index (χ0v) is 8.86. The first-order valence-corrected chi connectivity index (χ1v) is 5.01. The first kappa shape index (κ1) is 10.8. The van der Waals surface area contributed by atoms with Crippen LogP contribution >= 0.6 is 0 Å². The predicted molar refractivity (Wildman–Crippen MR) is 59.8 cm³/mol. The van der Waals surface area contributed by atoms with E-state index >= 15 is 0 Å². The lowest BCUT2D eigenvalue weighted by Crippen LogP contribution is -2.18. The van der Waals surface area contributed by atoms with Crippen LogP contribution in [-0.2, 0) is 11.2 Å². The Hall–Kier alpha value is -1.31. The molecule has 1 aromatic carbocycles. The van der Waals surface area contributed by atoms with Crippen molar-refractivity contribution in [2.45, 2.75) is 19.8 Å². The highest BCUT2D eigenvalue weighted by atomic mass is 16.1. The molecule has 1 aromatic rings. The van der Waals surface area contributed by atoms with Crippen molar-refractivity contribution in [2.75, 3.05) is 18.5 Å². The summed E-state index contributed by atoms with van der Waals surface area (Å²) < 4.78 is 0. The quantitative estimate of drug-likeness (QED) is 0.665. The molecule has 0 aliphatic heterocycles. The van der Waals surface area contributed by atoms with Crippen molar-refractivity contribution in [2.24, 2.45) is 0 Å². The molecule has 0 saturated carbocycles. The molecule has 0 amide bonds. The molecule has 0 aliphatic carbocycles. The first-order chi connectivity index (χ1) is 6.77. The van der Waals surface area contributed by atoms with Gasteiger partial charge in [-0.15, -0.1) is 0 Å². The number of aldehydes is 1. The van der Waals surface area contributed by atoms with Gasteiger partial charge in [0.05, 0.1) is 0 Å². The summed E-state index contributed by atoms with van der Waals surface area (Å²) in [7, 11) is 2.00. The molecule has 76 valence electrons. The van der Waals surface area contributed by atoms with Crippen LogP contribution in [0.1, 0.15) is 18.9 Å². The zero-order valence-electron chi connectivity index (χ0n) is 8.86. The summed E-state index contributed by atoms with van der Waals surface area (Å²) in [5.41, 5.74) is 2.52. The molecule has 0 bridgehead atoms. The molecular weight excluding hydrogens is 174 g/mol. The number of hydrogen-bond donors (Lipinski definition) is 0. The summed E-state index contributed by atoms with van der Waals surface area (Å²) >= 11 is 0. The van der Waals surface area contributed by atoms with Gasteiger partial charge in [-0.2, -0.15) is 0 Å². The minimum absolute atomic E-state index is 0.589. The third kappa shape index (κ3) is 2.87. The van der Waals surface area contributed by atoms with Gasteiger partial charge in [0.2, 0.25) is 0 Å². The van der Waals surface area contributed by atoms with E-state index in [0.29, 0.717) is 6.42 Å². The molecule has 0 spiro atoms. The number of hydrogen-bond acceptors (Lipinski definition) is 2. The van der Waals surface area contributed by atoms with Crippen molar-refractivity contribution in [1.29, 1.82) is 0 Å². The minimum atomic E-state index is 0.589. The van der Waals surface area contributed by atoms with Crippen LogP contribution in [-0.4, -0.2) is 19.9 Å². The largest absolute Gasteiger partial charge is 0.374 e. The summed E-state index contributed by atoms with van der Waals surface area (Å²) in [5, 5.41) is 0. The maximum absolute atomic E-state index is 10.2. The number of benzene rings is 1. The number of aryl methyl sites for hydroxylation is 1. The Morgan fingerprint density at radius 2 is 1.93 bits per heavy atom. The van der Waals surface area contributed by atoms with Crippen molar-refractivity contribution < 1.29 is 4.79 Å². The SMILES string of the molecule is CCc1ccc(N(C)CCC=O)cc1. The average Bonchev–Trinajstić information content (AvgIpc) is 2.26. The first-order valence-electron chi connectivity index (χ1n) is 5.01. The number of carbonyl (C=O) groups is 1. The normalized spacial score (nSPS) is 9.86. The van der Waals surface area contributed by atoms with E-state index in [1.165, 1.54) is 11.3 Å². The van der Waals surface area contributed by atoms with Gasteiger partial charge in [-0.25, -0.2) is 0 Å². The monoisotopic (exact) mass is 191 g/mol. The highest BCUT2D eigenvalue weighted by Crippen LogP contribution is 2.13. The molecule has 0 aromatic heterocycles. The molecule has 0 unspecified atom stereocenters. The second-order valence-electron chi connectivity index (χ2n) is 3.40. The van der Waals surface area contributed by atoms with Gasteiger partial charge in [-0.3, -0.25) is 0 Å². The average molecular weight is 191 g/mol. The smallest absolute Gasteiger partial charge is 0.121 e. The highest BCUT2D eigenvalue weighted by molar-refractivity contribution is 5.53. The number of carbonyl (C=O) groups excluding carboxylic acids is 1. The van der Waals surface area contributed by atoms with E-state index in [4.69, 9.17) is 0 Å². The third-order valence-electron chi connectivity index (χ3n) is 2.37. The lowest BCUT2D eigenvalue weighted by atomic mass is 10.1. The van der Waals surface area contributed by atoms with E-state index in [0.717, 1.165) is 19.3 Å². The third-order valence-corrected chi connectivity index (χ3v) is 2.37. The maximum atomic E-state index is 10.2. The number of rotatable bonds is 5. The number of nitrogens with zero attached hydrogens (tertiary/aromatic N) is 1. The predicted octanol–water partition coefficient (Wildman–Crippen LogP) is 2.27. The Bertz CT molecular complexity index is 279. The van der Waals surface area contributed by atoms with Crippen LogP contribution in [0, 0.1) is 0 Å². The summed E-state index contributed by atoms with van der Waals surface area (Å²) in [5.74, 6) is 0. The van der Waals surface area contributed by atoms with Crippen molar-refractivity contribution >= 4 is 12.0 Å². The van der Waals surface area contributed by atoms with Crippen LogP contribution in [0.15, 0.2) is 24.3 Å². The second kappa shape index (κ2) is 5.43. The molecule has 0 aliphatic rings. The molecule has 14 heavy (non-hydrogen) atoms. The van der Waals surface area contributed by atoms with E-state index in [1.807, 2.05) is 7.05 Å². The van der Waals surface area contributed by atoms with Crippen LogP contribution in [0.4, 0.5) is 5.69 Å². The van der Waals surface area contributed by atoms with Crippen LogP contribution in [0.5, 0.6) is 0 Å². The number of anilines is 1. The van der Waals surface area contributed by atoms with Gasteiger partial charge < -0.3 is 9.69 Å². The molecule has 0 fully saturated rings. The Labute approximate surface area is 85.5 Å². The van der Waals surface area contributed by atoms with Gasteiger partial charge in [0.15, 0.2) is 0 Å². The van der Waals surface area contributed by atoms with Crippen LogP contribution in [0.3, 0.4) is 0 Å². The van der Waals surface area contributed by atoms with E-state index in [9.17, 15) is 4.79 Å². The summed E-state index contributed by atoms with van der Waals surface area (Å²) in [6, 6.07) is 8.47. The second-order valence-corrected chi connectivity index (χ2v) is 3.40. The van der Waals surface area contributed by atoms with Crippen LogP contribution < -0.4 is 4.90 Å². The van der Waals surface area contributed by atoms with Gasteiger partial charge in [0.25, 0.3) is 0 Å². The molecule has 1 rings (SSSR count). The lowest BCUT2D eigenvalue weighted by molar-refractivity contribution is -0.107. The van der Waals surface area contributed by atoms with E-state index in [2.05, 4.69) is 36.1 Å².